The van der Waals surface area contributed by atoms with Crippen molar-refractivity contribution in [3.63, 3.8) is 0 Å². The Morgan fingerprint density at radius 1 is 1.21 bits per heavy atom. The Morgan fingerprint density at radius 2 is 2.04 bits per heavy atom. The van der Waals surface area contributed by atoms with Crippen molar-refractivity contribution >= 4 is 17.3 Å². The van der Waals surface area contributed by atoms with E-state index in [1.54, 1.807) is 12.1 Å². The van der Waals surface area contributed by atoms with E-state index < -0.39 is 0 Å². The van der Waals surface area contributed by atoms with Crippen molar-refractivity contribution < 1.29 is 13.9 Å². The number of hydrogen-bond donors (Lipinski definition) is 1. The van der Waals surface area contributed by atoms with Gasteiger partial charge < -0.3 is 14.8 Å². The number of anilines is 1. The van der Waals surface area contributed by atoms with Crippen LogP contribution in [0, 0.1) is 5.82 Å². The predicted octanol–water partition coefficient (Wildman–Crippen LogP) is 5.18. The van der Waals surface area contributed by atoms with Gasteiger partial charge in [0.25, 0.3) is 0 Å². The largest absolute Gasteiger partial charge is 0.375 e. The molecule has 2 aliphatic heterocycles. The predicted molar refractivity (Wildman–Crippen MR) is 91.9 cm³/mol. The fourth-order valence-corrected chi connectivity index (χ4v) is 3.79. The SMILES string of the molecule is CC(C)c1ccc2c(c1)C1OCOC1C(c1c(F)cccc1Cl)N2. The molecule has 0 radical (unpaired) electrons. The molecule has 3 nitrogen and oxygen atoms in total. The van der Waals surface area contributed by atoms with E-state index in [0.29, 0.717) is 16.5 Å². The quantitative estimate of drug-likeness (QED) is 0.811. The summed E-state index contributed by atoms with van der Waals surface area (Å²) in [7, 11) is 0. The Hall–Kier alpha value is -1.62. The van der Waals surface area contributed by atoms with Gasteiger partial charge in [-0.05, 0) is 29.7 Å². The molecule has 3 unspecified atom stereocenters. The van der Waals surface area contributed by atoms with E-state index in [1.807, 2.05) is 6.07 Å². The Bertz CT molecular complexity index is 760. The Labute approximate surface area is 145 Å². The Balaban J connectivity index is 1.81. The summed E-state index contributed by atoms with van der Waals surface area (Å²) in [5, 5.41) is 3.80. The van der Waals surface area contributed by atoms with Gasteiger partial charge in [0.15, 0.2) is 0 Å². The third kappa shape index (κ3) is 2.50. The number of benzene rings is 2. The molecule has 0 aliphatic carbocycles. The number of nitrogens with one attached hydrogen (secondary N) is 1. The lowest BCUT2D eigenvalue weighted by molar-refractivity contribution is 0.0365. The first-order valence-corrected chi connectivity index (χ1v) is 8.51. The van der Waals surface area contributed by atoms with Crippen LogP contribution in [0.3, 0.4) is 0 Å². The van der Waals surface area contributed by atoms with Gasteiger partial charge in [-0.15, -0.1) is 0 Å². The van der Waals surface area contributed by atoms with Crippen molar-refractivity contribution in [3.05, 3.63) is 63.9 Å². The molecular formula is C19H19ClFNO2. The normalized spacial score (nSPS) is 25.3. The molecule has 2 aliphatic rings. The molecule has 2 aromatic rings. The van der Waals surface area contributed by atoms with Crippen LogP contribution in [0.1, 0.15) is 48.6 Å². The van der Waals surface area contributed by atoms with Gasteiger partial charge in [-0.3, -0.25) is 0 Å². The van der Waals surface area contributed by atoms with Crippen molar-refractivity contribution in [2.45, 2.75) is 38.0 Å². The van der Waals surface area contributed by atoms with Gasteiger partial charge in [-0.25, -0.2) is 4.39 Å². The standard InChI is InChI=1S/C19H19ClFNO2/c1-10(2)11-6-7-15-12(8-11)18-19(24-9-23-18)17(22-15)16-13(20)4-3-5-14(16)21/h3-8,10,17-19,22H,9H2,1-2H3. The molecule has 24 heavy (non-hydrogen) atoms. The van der Waals surface area contributed by atoms with Gasteiger partial charge in [-0.1, -0.05) is 43.6 Å². The zero-order valence-electron chi connectivity index (χ0n) is 13.6. The van der Waals surface area contributed by atoms with Crippen LogP contribution in [0.15, 0.2) is 36.4 Å². The average Bonchev–Trinajstić information content (AvgIpc) is 3.04. The zero-order chi connectivity index (χ0) is 16.8. The second kappa shape index (κ2) is 6.03. The molecule has 4 rings (SSSR count). The molecule has 0 saturated carbocycles. The number of rotatable bonds is 2. The summed E-state index contributed by atoms with van der Waals surface area (Å²) in [6, 6.07) is 10.6. The molecule has 0 aromatic heterocycles. The molecule has 0 bridgehead atoms. The average molecular weight is 348 g/mol. The molecule has 1 saturated heterocycles. The van der Waals surface area contributed by atoms with E-state index in [9.17, 15) is 4.39 Å². The summed E-state index contributed by atoms with van der Waals surface area (Å²) in [5.41, 5.74) is 3.67. The topological polar surface area (TPSA) is 30.5 Å². The van der Waals surface area contributed by atoms with Gasteiger partial charge in [0, 0.05) is 21.8 Å². The summed E-state index contributed by atoms with van der Waals surface area (Å²) in [5.74, 6) is 0.0892. The molecule has 126 valence electrons. The van der Waals surface area contributed by atoms with E-state index in [4.69, 9.17) is 21.1 Å². The number of hydrogen-bond acceptors (Lipinski definition) is 3. The second-order valence-corrected chi connectivity index (χ2v) is 7.00. The van der Waals surface area contributed by atoms with Crippen LogP contribution < -0.4 is 5.32 Å². The number of fused-ring (bicyclic) bond motifs is 3. The highest BCUT2D eigenvalue weighted by Crippen LogP contribution is 2.47. The number of halogens is 2. The highest BCUT2D eigenvalue weighted by molar-refractivity contribution is 6.31. The monoisotopic (exact) mass is 347 g/mol. The third-order valence-electron chi connectivity index (χ3n) is 4.81. The molecule has 3 atom stereocenters. The van der Waals surface area contributed by atoms with Gasteiger partial charge in [0.05, 0.1) is 6.04 Å². The number of ether oxygens (including phenoxy) is 2. The lowest BCUT2D eigenvalue weighted by Crippen LogP contribution is -2.35. The van der Waals surface area contributed by atoms with E-state index >= 15 is 0 Å². The van der Waals surface area contributed by atoms with Gasteiger partial charge in [-0.2, -0.15) is 0 Å². The molecule has 1 fully saturated rings. The fraction of sp³-hybridized carbons (Fsp3) is 0.368. The highest BCUT2D eigenvalue weighted by Gasteiger charge is 2.44. The van der Waals surface area contributed by atoms with Gasteiger partial charge in [0.1, 0.15) is 24.8 Å². The molecule has 2 heterocycles. The van der Waals surface area contributed by atoms with Crippen LogP contribution in [-0.2, 0) is 9.47 Å². The Kier molecular flexibility index (Phi) is 3.99. The van der Waals surface area contributed by atoms with Crippen LogP contribution in [0.5, 0.6) is 0 Å². The minimum absolute atomic E-state index is 0.199. The first-order valence-electron chi connectivity index (χ1n) is 8.13. The van der Waals surface area contributed by atoms with Crippen LogP contribution in [0.4, 0.5) is 10.1 Å². The Morgan fingerprint density at radius 3 is 2.79 bits per heavy atom. The maximum atomic E-state index is 14.4. The minimum atomic E-state index is -0.386. The summed E-state index contributed by atoms with van der Waals surface area (Å²) in [6.45, 7) is 4.51. The summed E-state index contributed by atoms with van der Waals surface area (Å²) < 4.78 is 26.0. The van der Waals surface area contributed by atoms with Crippen LogP contribution in [0.2, 0.25) is 5.02 Å². The van der Waals surface area contributed by atoms with E-state index in [2.05, 4.69) is 31.3 Å². The highest BCUT2D eigenvalue weighted by atomic mass is 35.5. The van der Waals surface area contributed by atoms with Crippen molar-refractivity contribution in [2.24, 2.45) is 0 Å². The minimum Gasteiger partial charge on any atom is -0.375 e. The summed E-state index contributed by atoms with van der Waals surface area (Å²) >= 11 is 6.27. The second-order valence-electron chi connectivity index (χ2n) is 6.60. The molecular weight excluding hydrogens is 329 g/mol. The third-order valence-corrected chi connectivity index (χ3v) is 5.14. The molecule has 0 amide bonds. The van der Waals surface area contributed by atoms with E-state index in [1.165, 1.54) is 11.6 Å². The summed E-state index contributed by atoms with van der Waals surface area (Å²) in [4.78, 5) is 0. The van der Waals surface area contributed by atoms with Crippen LogP contribution in [-0.4, -0.2) is 12.9 Å². The first-order chi connectivity index (χ1) is 11.6. The van der Waals surface area contributed by atoms with Crippen molar-refractivity contribution in [3.8, 4) is 0 Å². The van der Waals surface area contributed by atoms with Gasteiger partial charge in [0.2, 0.25) is 0 Å². The molecule has 2 aromatic carbocycles. The maximum Gasteiger partial charge on any atom is 0.148 e. The van der Waals surface area contributed by atoms with Crippen molar-refractivity contribution in [1.82, 2.24) is 0 Å². The van der Waals surface area contributed by atoms with E-state index in [-0.39, 0.29) is 30.9 Å². The maximum absolute atomic E-state index is 14.4. The molecule has 1 N–H and O–H groups in total. The zero-order valence-corrected chi connectivity index (χ0v) is 14.3. The lowest BCUT2D eigenvalue weighted by Gasteiger charge is -2.36. The first kappa shape index (κ1) is 15.9. The van der Waals surface area contributed by atoms with Crippen LogP contribution >= 0.6 is 11.6 Å². The fourth-order valence-electron chi connectivity index (χ4n) is 3.51. The van der Waals surface area contributed by atoms with Crippen molar-refractivity contribution in [1.29, 1.82) is 0 Å². The molecule has 5 heteroatoms. The van der Waals surface area contributed by atoms with Gasteiger partial charge >= 0.3 is 0 Å². The molecule has 0 spiro atoms. The smallest absolute Gasteiger partial charge is 0.148 e. The van der Waals surface area contributed by atoms with E-state index in [0.717, 1.165) is 11.3 Å². The van der Waals surface area contributed by atoms with Crippen LogP contribution in [0.25, 0.3) is 0 Å². The summed E-state index contributed by atoms with van der Waals surface area (Å²) in [6.07, 6.45) is -0.532. The van der Waals surface area contributed by atoms with Crippen molar-refractivity contribution in [2.75, 3.05) is 12.1 Å². The lowest BCUT2D eigenvalue weighted by atomic mass is 9.86.